The maximum Gasteiger partial charge on any atom is 0.425 e. The predicted octanol–water partition coefficient (Wildman–Crippen LogP) is 6.51. The third-order valence-electron chi connectivity index (χ3n) is 4.95. The minimum absolute atomic E-state index is 0.000509. The van der Waals surface area contributed by atoms with E-state index in [4.69, 9.17) is 39.5 Å². The lowest BCUT2D eigenvalue weighted by atomic mass is 9.85. The number of carbonyl (C=O) groups excluding carboxylic acids is 1. The van der Waals surface area contributed by atoms with Crippen LogP contribution in [-0.4, -0.2) is 29.5 Å². The van der Waals surface area contributed by atoms with Crippen molar-refractivity contribution in [1.29, 1.82) is 0 Å². The van der Waals surface area contributed by atoms with Gasteiger partial charge in [-0.15, -0.1) is 0 Å². The third-order valence-corrected chi connectivity index (χ3v) is 5.80. The van der Waals surface area contributed by atoms with Crippen LogP contribution in [0.1, 0.15) is 21.5 Å². The Morgan fingerprint density at radius 2 is 1.56 bits per heavy atom. The first-order valence-electron chi connectivity index (χ1n) is 9.37. The number of methoxy groups -OCH3 is 1. The van der Waals surface area contributed by atoms with Gasteiger partial charge in [0.15, 0.2) is 5.75 Å². The SMILES string of the molecule is COc1c(NO)cccc1C(=O)Nc1c(Cl)cc(C(O)(c2ccc(Cl)cc2)C(F)(F)F)cc1Cl. The topological polar surface area (TPSA) is 90.8 Å². The molecule has 0 bridgehead atoms. The lowest BCUT2D eigenvalue weighted by Crippen LogP contribution is -2.43. The number of hydrogen-bond acceptors (Lipinski definition) is 5. The second kappa shape index (κ2) is 9.89. The number of alkyl halides is 3. The Hall–Kier alpha value is -2.69. The summed E-state index contributed by atoms with van der Waals surface area (Å²) in [7, 11) is 1.27. The van der Waals surface area contributed by atoms with Gasteiger partial charge in [0.05, 0.1) is 28.4 Å². The van der Waals surface area contributed by atoms with E-state index in [0.717, 1.165) is 24.3 Å². The molecule has 12 heteroatoms. The van der Waals surface area contributed by atoms with Crippen molar-refractivity contribution in [1.82, 2.24) is 0 Å². The number of aliphatic hydroxyl groups is 1. The van der Waals surface area contributed by atoms with Crippen molar-refractivity contribution in [3.05, 3.63) is 86.4 Å². The number of halogens is 6. The summed E-state index contributed by atoms with van der Waals surface area (Å²) < 4.78 is 47.3. The summed E-state index contributed by atoms with van der Waals surface area (Å²) >= 11 is 18.1. The van der Waals surface area contributed by atoms with Gasteiger partial charge in [0.1, 0.15) is 5.69 Å². The number of hydrogen-bond donors (Lipinski definition) is 4. The minimum atomic E-state index is -5.15. The molecule has 0 saturated heterocycles. The average molecular weight is 536 g/mol. The molecule has 3 aromatic carbocycles. The molecular formula is C22H16Cl3F3N2O4. The Kier molecular flexibility index (Phi) is 7.54. The smallest absolute Gasteiger partial charge is 0.425 e. The number of rotatable bonds is 6. The summed E-state index contributed by atoms with van der Waals surface area (Å²) in [6.45, 7) is 0. The van der Waals surface area contributed by atoms with Crippen LogP contribution in [0.4, 0.5) is 24.5 Å². The molecule has 4 N–H and O–H groups in total. The van der Waals surface area contributed by atoms with Crippen LogP contribution >= 0.6 is 34.8 Å². The summed E-state index contributed by atoms with van der Waals surface area (Å²) in [6.07, 6.45) is -5.15. The molecule has 0 saturated carbocycles. The van der Waals surface area contributed by atoms with Gasteiger partial charge in [-0.25, -0.2) is 0 Å². The number of amides is 1. The Labute approximate surface area is 206 Å². The van der Waals surface area contributed by atoms with E-state index < -0.39 is 28.8 Å². The number of benzene rings is 3. The van der Waals surface area contributed by atoms with E-state index in [9.17, 15) is 28.3 Å². The molecule has 0 heterocycles. The van der Waals surface area contributed by atoms with Crippen LogP contribution < -0.4 is 15.5 Å². The molecule has 0 aliphatic carbocycles. The van der Waals surface area contributed by atoms with E-state index in [0.29, 0.717) is 0 Å². The fraction of sp³-hybridized carbons (Fsp3) is 0.136. The lowest BCUT2D eigenvalue weighted by molar-refractivity contribution is -0.248. The lowest BCUT2D eigenvalue weighted by Gasteiger charge is -2.32. The van der Waals surface area contributed by atoms with E-state index in [1.807, 2.05) is 5.48 Å². The summed E-state index contributed by atoms with van der Waals surface area (Å²) in [4.78, 5) is 12.8. The molecule has 1 amide bonds. The molecule has 1 unspecified atom stereocenters. The van der Waals surface area contributed by atoms with E-state index >= 15 is 0 Å². The molecule has 0 radical (unpaired) electrons. The number of ether oxygens (including phenoxy) is 1. The molecule has 180 valence electrons. The van der Waals surface area contributed by atoms with Crippen LogP contribution in [0.15, 0.2) is 54.6 Å². The van der Waals surface area contributed by atoms with Gasteiger partial charge in [0.2, 0.25) is 5.60 Å². The fourth-order valence-electron chi connectivity index (χ4n) is 3.29. The molecule has 34 heavy (non-hydrogen) atoms. The average Bonchev–Trinajstić information content (AvgIpc) is 2.79. The zero-order valence-corrected chi connectivity index (χ0v) is 19.4. The maximum absolute atomic E-state index is 14.0. The Morgan fingerprint density at radius 1 is 0.971 bits per heavy atom. The first kappa shape index (κ1) is 25.9. The van der Waals surface area contributed by atoms with Gasteiger partial charge in [0, 0.05) is 10.6 Å². The molecule has 1 atom stereocenters. The highest BCUT2D eigenvalue weighted by Gasteiger charge is 2.56. The van der Waals surface area contributed by atoms with Gasteiger partial charge in [-0.05, 0) is 42.0 Å². The predicted molar refractivity (Wildman–Crippen MR) is 123 cm³/mol. The Bertz CT molecular complexity index is 1200. The van der Waals surface area contributed by atoms with E-state index in [2.05, 4.69) is 5.32 Å². The largest absolute Gasteiger partial charge is 0.494 e. The van der Waals surface area contributed by atoms with Gasteiger partial charge in [0.25, 0.3) is 5.91 Å². The molecule has 6 nitrogen and oxygen atoms in total. The van der Waals surface area contributed by atoms with Crippen molar-refractivity contribution in [3.8, 4) is 5.75 Å². The number of carbonyl (C=O) groups is 1. The zero-order valence-electron chi connectivity index (χ0n) is 17.2. The Morgan fingerprint density at radius 3 is 2.06 bits per heavy atom. The highest BCUT2D eigenvalue weighted by molar-refractivity contribution is 6.40. The van der Waals surface area contributed by atoms with Crippen LogP contribution in [0.5, 0.6) is 5.75 Å². The van der Waals surface area contributed by atoms with Crippen LogP contribution in [0.3, 0.4) is 0 Å². The fourth-order valence-corrected chi connectivity index (χ4v) is 4.00. The molecular weight excluding hydrogens is 520 g/mol. The normalized spacial score (nSPS) is 13.2. The highest BCUT2D eigenvalue weighted by atomic mass is 35.5. The second-order valence-corrected chi connectivity index (χ2v) is 8.23. The van der Waals surface area contributed by atoms with Crippen LogP contribution in [-0.2, 0) is 5.60 Å². The molecule has 3 aromatic rings. The van der Waals surface area contributed by atoms with Gasteiger partial charge in [-0.2, -0.15) is 13.2 Å². The first-order chi connectivity index (χ1) is 15.9. The summed E-state index contributed by atoms with van der Waals surface area (Å²) in [5.41, 5.74) is -2.87. The molecule has 0 fully saturated rings. The van der Waals surface area contributed by atoms with Crippen molar-refractivity contribution in [3.63, 3.8) is 0 Å². The van der Waals surface area contributed by atoms with Crippen molar-refractivity contribution >= 4 is 52.1 Å². The second-order valence-electron chi connectivity index (χ2n) is 6.98. The summed E-state index contributed by atoms with van der Waals surface area (Å²) in [6, 6.07) is 10.5. The standard InChI is InChI=1S/C22H16Cl3F3N2O4/c1-34-19-14(3-2-4-17(19)30-33)20(31)29-18-15(24)9-12(10-16(18)25)21(32,22(26,27)28)11-5-7-13(23)8-6-11/h2-10,30,32-33H,1H3,(H,29,31). The van der Waals surface area contributed by atoms with E-state index in [1.54, 1.807) is 0 Å². The number of para-hydroxylation sites is 1. The summed E-state index contributed by atoms with van der Waals surface area (Å²) in [5, 5.41) is 21.9. The monoisotopic (exact) mass is 534 g/mol. The van der Waals surface area contributed by atoms with E-state index in [1.165, 1.54) is 37.4 Å². The number of anilines is 2. The Balaban J connectivity index is 2.05. The minimum Gasteiger partial charge on any atom is -0.494 e. The molecule has 3 rings (SSSR count). The molecule has 0 aromatic heterocycles. The molecule has 0 spiro atoms. The van der Waals surface area contributed by atoms with E-state index in [-0.39, 0.29) is 37.8 Å². The van der Waals surface area contributed by atoms with Crippen molar-refractivity contribution in [2.24, 2.45) is 0 Å². The molecule has 0 aliphatic rings. The van der Waals surface area contributed by atoms with Crippen molar-refractivity contribution < 1.29 is 33.0 Å². The van der Waals surface area contributed by atoms with Crippen molar-refractivity contribution in [2.75, 3.05) is 17.9 Å². The third kappa shape index (κ3) is 4.75. The van der Waals surface area contributed by atoms with Crippen LogP contribution in [0.25, 0.3) is 0 Å². The number of nitrogens with one attached hydrogen (secondary N) is 2. The van der Waals surface area contributed by atoms with Gasteiger partial charge in [-0.1, -0.05) is 53.0 Å². The highest BCUT2D eigenvalue weighted by Crippen LogP contribution is 2.47. The van der Waals surface area contributed by atoms with Gasteiger partial charge < -0.3 is 15.2 Å². The zero-order chi connectivity index (χ0) is 25.3. The summed E-state index contributed by atoms with van der Waals surface area (Å²) in [5.74, 6) is -0.769. The first-order valence-corrected chi connectivity index (χ1v) is 10.5. The maximum atomic E-state index is 14.0. The van der Waals surface area contributed by atoms with Gasteiger partial charge >= 0.3 is 6.18 Å². The quantitative estimate of drug-likeness (QED) is 0.270. The van der Waals surface area contributed by atoms with Crippen LogP contribution in [0, 0.1) is 0 Å². The van der Waals surface area contributed by atoms with Gasteiger partial charge in [-0.3, -0.25) is 15.5 Å². The van der Waals surface area contributed by atoms with Crippen LogP contribution in [0.2, 0.25) is 15.1 Å². The van der Waals surface area contributed by atoms with Crippen molar-refractivity contribution in [2.45, 2.75) is 11.8 Å². The molecule has 0 aliphatic heterocycles.